The lowest BCUT2D eigenvalue weighted by Gasteiger charge is -2.27. The molecule has 0 bridgehead atoms. The molecule has 29 heavy (non-hydrogen) atoms. The highest BCUT2D eigenvalue weighted by molar-refractivity contribution is 5.99. The van der Waals surface area contributed by atoms with Crippen molar-refractivity contribution in [2.75, 3.05) is 13.2 Å². The van der Waals surface area contributed by atoms with Crippen LogP contribution in [-0.2, 0) is 4.74 Å². The Morgan fingerprint density at radius 1 is 1.07 bits per heavy atom. The summed E-state index contributed by atoms with van der Waals surface area (Å²) in [6.45, 7) is 5.12. The van der Waals surface area contributed by atoms with Gasteiger partial charge in [0.15, 0.2) is 5.43 Å². The number of ether oxygens (including phenoxy) is 1. The maximum absolute atomic E-state index is 13.5. The van der Waals surface area contributed by atoms with Crippen molar-refractivity contribution in [1.29, 1.82) is 0 Å². The zero-order chi connectivity index (χ0) is 20.1. The van der Waals surface area contributed by atoms with E-state index in [1.807, 2.05) is 56.3 Å². The molecule has 2 unspecified atom stereocenters. The first kappa shape index (κ1) is 18.1. The number of benzene rings is 2. The van der Waals surface area contributed by atoms with Crippen LogP contribution < -0.4 is 5.43 Å². The minimum Gasteiger partial charge on any atom is -0.450 e. The Bertz CT molecular complexity index is 1160. The van der Waals surface area contributed by atoms with Gasteiger partial charge in [0.25, 0.3) is 5.91 Å². The van der Waals surface area contributed by atoms with Crippen LogP contribution in [0.25, 0.3) is 11.0 Å². The molecule has 5 nitrogen and oxygen atoms in total. The van der Waals surface area contributed by atoms with Gasteiger partial charge in [-0.05, 0) is 55.5 Å². The Morgan fingerprint density at radius 3 is 2.55 bits per heavy atom. The van der Waals surface area contributed by atoms with Crippen LogP contribution in [0.5, 0.6) is 0 Å². The molecule has 0 saturated carbocycles. The first-order chi connectivity index (χ1) is 14.0. The minimum absolute atomic E-state index is 0.00604. The molecule has 5 rings (SSSR count). The van der Waals surface area contributed by atoms with Crippen molar-refractivity contribution in [3.63, 3.8) is 0 Å². The smallest absolute Gasteiger partial charge is 0.291 e. The van der Waals surface area contributed by atoms with Crippen LogP contribution >= 0.6 is 0 Å². The maximum atomic E-state index is 13.5. The number of rotatable bonds is 3. The Hall–Kier alpha value is -2.92. The third kappa shape index (κ3) is 2.88. The van der Waals surface area contributed by atoms with Gasteiger partial charge in [0.2, 0.25) is 5.76 Å². The number of carbonyl (C=O) groups is 1. The summed E-state index contributed by atoms with van der Waals surface area (Å²) in [5, 5.41) is 0.527. The van der Waals surface area contributed by atoms with Gasteiger partial charge in [-0.2, -0.15) is 0 Å². The molecule has 0 aliphatic carbocycles. The summed E-state index contributed by atoms with van der Waals surface area (Å²) in [6.07, 6.45) is 1.91. The molecule has 1 fully saturated rings. The predicted molar refractivity (Wildman–Crippen MR) is 110 cm³/mol. The van der Waals surface area contributed by atoms with Gasteiger partial charge in [-0.15, -0.1) is 0 Å². The average Bonchev–Trinajstić information content (AvgIpc) is 3.32. The molecule has 0 radical (unpaired) electrons. The van der Waals surface area contributed by atoms with Gasteiger partial charge in [0.1, 0.15) is 5.58 Å². The van der Waals surface area contributed by atoms with Crippen molar-refractivity contribution in [2.24, 2.45) is 0 Å². The van der Waals surface area contributed by atoms with Crippen molar-refractivity contribution < 1.29 is 13.9 Å². The van der Waals surface area contributed by atoms with Crippen LogP contribution in [0.3, 0.4) is 0 Å². The first-order valence-corrected chi connectivity index (χ1v) is 10.1. The molecule has 3 heterocycles. The highest BCUT2D eigenvalue weighted by Crippen LogP contribution is 2.39. The van der Waals surface area contributed by atoms with Crippen LogP contribution in [0.1, 0.15) is 51.7 Å². The van der Waals surface area contributed by atoms with Gasteiger partial charge in [-0.1, -0.05) is 30.3 Å². The normalized spacial score (nSPS) is 21.2. The predicted octanol–water partition coefficient (Wildman–Crippen LogP) is 4.13. The summed E-state index contributed by atoms with van der Waals surface area (Å²) in [7, 11) is 0. The Balaban J connectivity index is 1.72. The molecule has 2 aliphatic heterocycles. The molecular weight excluding hydrogens is 366 g/mol. The van der Waals surface area contributed by atoms with E-state index in [-0.39, 0.29) is 23.2 Å². The van der Waals surface area contributed by atoms with E-state index >= 15 is 0 Å². The van der Waals surface area contributed by atoms with Crippen LogP contribution in [-0.4, -0.2) is 30.1 Å². The highest BCUT2D eigenvalue weighted by atomic mass is 16.5. The first-order valence-electron chi connectivity index (χ1n) is 10.1. The lowest BCUT2D eigenvalue weighted by Crippen LogP contribution is -2.36. The van der Waals surface area contributed by atoms with E-state index in [0.717, 1.165) is 36.1 Å². The molecular formula is C24H23NO4. The number of hydrogen-bond donors (Lipinski definition) is 0. The second-order valence-electron chi connectivity index (χ2n) is 8.01. The fourth-order valence-corrected chi connectivity index (χ4v) is 4.45. The van der Waals surface area contributed by atoms with Crippen molar-refractivity contribution in [1.82, 2.24) is 4.90 Å². The molecule has 148 valence electrons. The largest absolute Gasteiger partial charge is 0.450 e. The summed E-state index contributed by atoms with van der Waals surface area (Å²) >= 11 is 0. The summed E-state index contributed by atoms with van der Waals surface area (Å²) in [5.74, 6) is -0.0702. The summed E-state index contributed by atoms with van der Waals surface area (Å²) < 4.78 is 11.8. The van der Waals surface area contributed by atoms with Crippen molar-refractivity contribution in [3.05, 3.63) is 80.7 Å². The van der Waals surface area contributed by atoms with E-state index in [9.17, 15) is 9.59 Å². The molecule has 1 saturated heterocycles. The molecule has 2 atom stereocenters. The zero-order valence-corrected chi connectivity index (χ0v) is 16.6. The molecule has 0 spiro atoms. The maximum Gasteiger partial charge on any atom is 0.291 e. The van der Waals surface area contributed by atoms with Crippen LogP contribution in [0.2, 0.25) is 0 Å². The van der Waals surface area contributed by atoms with E-state index in [4.69, 9.17) is 9.15 Å². The molecule has 2 aliphatic rings. The number of aryl methyl sites for hydroxylation is 2. The number of fused-ring (bicyclic) bond motifs is 2. The second kappa shape index (κ2) is 6.85. The standard InChI is InChI=1S/C24H23NO4/c1-14-11-18-19(12-15(14)2)29-23-20(22(18)26)21(16-7-4-3-5-8-16)25(24(23)27)13-17-9-6-10-28-17/h3-5,7-8,11-12,17,21H,6,9-10,13H2,1-2H3. The number of carbonyl (C=O) groups excluding carboxylic acids is 1. The SMILES string of the molecule is Cc1cc2oc3c(c(=O)c2cc1C)C(c1ccccc1)N(CC1CCCO1)C3=O. The fourth-order valence-electron chi connectivity index (χ4n) is 4.45. The second-order valence-corrected chi connectivity index (χ2v) is 8.01. The third-order valence-electron chi connectivity index (χ3n) is 6.12. The van der Waals surface area contributed by atoms with Gasteiger partial charge in [-0.25, -0.2) is 0 Å². The van der Waals surface area contributed by atoms with E-state index in [1.165, 1.54) is 0 Å². The van der Waals surface area contributed by atoms with E-state index in [1.54, 1.807) is 4.90 Å². The van der Waals surface area contributed by atoms with Crippen molar-refractivity contribution in [2.45, 2.75) is 38.8 Å². The number of nitrogens with zero attached hydrogens (tertiary/aromatic N) is 1. The van der Waals surface area contributed by atoms with E-state index in [2.05, 4.69) is 0 Å². The quantitative estimate of drug-likeness (QED) is 0.676. The Morgan fingerprint density at radius 2 is 1.83 bits per heavy atom. The van der Waals surface area contributed by atoms with Gasteiger partial charge in [0, 0.05) is 13.2 Å². The number of amides is 1. The topological polar surface area (TPSA) is 59.8 Å². The van der Waals surface area contributed by atoms with Crippen LogP contribution in [0.15, 0.2) is 51.7 Å². The summed E-state index contributed by atoms with van der Waals surface area (Å²) in [5.41, 5.74) is 3.75. The monoisotopic (exact) mass is 389 g/mol. The summed E-state index contributed by atoms with van der Waals surface area (Å²) in [6, 6.07) is 13.0. The Kier molecular flexibility index (Phi) is 4.28. The number of hydrogen-bond acceptors (Lipinski definition) is 4. The summed E-state index contributed by atoms with van der Waals surface area (Å²) in [4.78, 5) is 28.6. The van der Waals surface area contributed by atoms with E-state index in [0.29, 0.717) is 23.1 Å². The Labute approximate surface area is 168 Å². The van der Waals surface area contributed by atoms with Crippen LogP contribution in [0, 0.1) is 13.8 Å². The van der Waals surface area contributed by atoms with Gasteiger partial charge >= 0.3 is 0 Å². The molecule has 2 aromatic carbocycles. The minimum atomic E-state index is -0.454. The fraction of sp³-hybridized carbons (Fsp3) is 0.333. The van der Waals surface area contributed by atoms with Crippen molar-refractivity contribution >= 4 is 16.9 Å². The molecule has 3 aromatic rings. The van der Waals surface area contributed by atoms with E-state index < -0.39 is 6.04 Å². The molecule has 0 N–H and O–H groups in total. The highest BCUT2D eigenvalue weighted by Gasteiger charge is 2.43. The van der Waals surface area contributed by atoms with Crippen molar-refractivity contribution in [3.8, 4) is 0 Å². The van der Waals surface area contributed by atoms with Gasteiger partial charge < -0.3 is 14.1 Å². The van der Waals surface area contributed by atoms with Crippen LogP contribution in [0.4, 0.5) is 0 Å². The lowest BCUT2D eigenvalue weighted by atomic mass is 9.97. The zero-order valence-electron chi connectivity index (χ0n) is 16.6. The molecule has 1 aromatic heterocycles. The average molecular weight is 389 g/mol. The lowest BCUT2D eigenvalue weighted by molar-refractivity contribution is 0.0486. The molecule has 1 amide bonds. The molecule has 5 heteroatoms. The van der Waals surface area contributed by atoms with Gasteiger partial charge in [0.05, 0.1) is 23.1 Å². The third-order valence-corrected chi connectivity index (χ3v) is 6.12. The van der Waals surface area contributed by atoms with Gasteiger partial charge in [-0.3, -0.25) is 9.59 Å².